The predicted octanol–water partition coefficient (Wildman–Crippen LogP) is 3.01. The van der Waals surface area contributed by atoms with Crippen molar-refractivity contribution in [1.82, 2.24) is 20.4 Å². The van der Waals surface area contributed by atoms with Gasteiger partial charge in [0.15, 0.2) is 11.5 Å². The summed E-state index contributed by atoms with van der Waals surface area (Å²) < 4.78 is 22.0. The van der Waals surface area contributed by atoms with Crippen LogP contribution in [0.1, 0.15) is 5.56 Å². The highest BCUT2D eigenvalue weighted by atomic mass is 127. The summed E-state index contributed by atoms with van der Waals surface area (Å²) in [6, 6.07) is 7.05. The molecule has 10 heteroatoms. The Morgan fingerprint density at radius 3 is 3.09 bits per heavy atom. The van der Waals surface area contributed by atoms with E-state index in [1.807, 2.05) is 6.07 Å². The van der Waals surface area contributed by atoms with Crippen molar-refractivity contribution in [3.63, 3.8) is 0 Å². The highest BCUT2D eigenvalue weighted by Gasteiger charge is 2.40. The Labute approximate surface area is 147 Å². The molecule has 1 unspecified atom stereocenters. The molecule has 3 aromatic rings. The number of ether oxygens (including phenoxy) is 2. The molecular weight excluding hydrogens is 436 g/mol. The molecule has 1 aliphatic rings. The Hall–Kier alpha value is -1.82. The van der Waals surface area contributed by atoms with Gasteiger partial charge in [-0.1, -0.05) is 12.1 Å². The van der Waals surface area contributed by atoms with E-state index in [9.17, 15) is 4.39 Å². The van der Waals surface area contributed by atoms with Gasteiger partial charge in [-0.2, -0.15) is 10.3 Å². The first kappa shape index (κ1) is 14.8. The number of rotatable bonds is 3. The topological polar surface area (TPSA) is 98.9 Å². The predicted molar refractivity (Wildman–Crippen MR) is 91.2 cm³/mol. The molecule has 0 saturated heterocycles. The number of nitrogens with zero attached hydrogens (tertiary/aromatic N) is 3. The van der Waals surface area contributed by atoms with Gasteiger partial charge in [0, 0.05) is 16.2 Å². The fourth-order valence-corrected chi connectivity index (χ4v) is 3.70. The first-order valence-electron chi connectivity index (χ1n) is 6.49. The van der Waals surface area contributed by atoms with E-state index >= 15 is 0 Å². The zero-order chi connectivity index (χ0) is 16.0. The number of benzene rings is 1. The Kier molecular flexibility index (Phi) is 3.44. The van der Waals surface area contributed by atoms with Crippen LogP contribution in [0.15, 0.2) is 29.2 Å². The Bertz CT molecular complexity index is 903. The number of hydrogen-bond donors (Lipinski definition) is 2. The van der Waals surface area contributed by atoms with Crippen molar-refractivity contribution in [3.05, 3.63) is 29.8 Å². The van der Waals surface area contributed by atoms with Crippen LogP contribution in [0.3, 0.4) is 0 Å². The van der Waals surface area contributed by atoms with Crippen molar-refractivity contribution >= 4 is 51.3 Å². The number of hydrogen-bond acceptors (Lipinski definition) is 7. The second-order valence-corrected chi connectivity index (χ2v) is 7.05. The zero-order valence-electron chi connectivity index (χ0n) is 11.4. The van der Waals surface area contributed by atoms with Crippen molar-refractivity contribution in [3.8, 4) is 11.5 Å². The molecule has 1 aliphatic heterocycles. The van der Waals surface area contributed by atoms with Crippen LogP contribution in [-0.2, 0) is 5.75 Å². The third-order valence-electron chi connectivity index (χ3n) is 3.17. The Balaban J connectivity index is 1.63. The number of fused-ring (bicyclic) bond motifs is 2. The van der Waals surface area contributed by atoms with Crippen LogP contribution in [0.2, 0.25) is 0 Å². The van der Waals surface area contributed by atoms with E-state index in [0.717, 1.165) is 10.5 Å². The summed E-state index contributed by atoms with van der Waals surface area (Å²) in [4.78, 5) is 4.92. The van der Waals surface area contributed by atoms with Crippen molar-refractivity contribution in [1.29, 1.82) is 0 Å². The molecule has 0 spiro atoms. The standard InChI is InChI=1S/C13H9FIN5O2S/c14-13(15)21-7-3-1-2-6(11(7)22-13)5-23-8-4-9(16)17-12-10(8)18-20-19-12/h1-4H,5H2,(H3,16,17,18,19,20). The zero-order valence-corrected chi connectivity index (χ0v) is 14.4. The van der Waals surface area contributed by atoms with E-state index in [1.165, 1.54) is 34.4 Å². The number of halogens is 2. The number of aromatic amines is 1. The van der Waals surface area contributed by atoms with E-state index in [1.54, 1.807) is 18.2 Å². The molecular formula is C13H9FIN5O2S. The number of nitrogens with two attached hydrogens (primary N) is 1. The molecule has 0 radical (unpaired) electrons. The lowest BCUT2D eigenvalue weighted by molar-refractivity contribution is -0.0846. The molecule has 0 bridgehead atoms. The van der Waals surface area contributed by atoms with Crippen LogP contribution in [0, 0.1) is 0 Å². The molecule has 0 aliphatic carbocycles. The number of H-pyrrole nitrogens is 1. The molecule has 0 saturated carbocycles. The SMILES string of the molecule is Nc1cc(SCc2cccc3c2OC(F)(I)O3)c2n[nH]nc2n1. The van der Waals surface area contributed by atoms with E-state index < -0.39 is 4.05 Å². The van der Waals surface area contributed by atoms with Gasteiger partial charge >= 0.3 is 4.05 Å². The number of nitrogens with one attached hydrogen (secondary N) is 1. The van der Waals surface area contributed by atoms with Crippen molar-refractivity contribution in [2.45, 2.75) is 14.7 Å². The number of anilines is 1. The third kappa shape index (κ3) is 2.76. The number of para-hydroxylation sites is 1. The maximum atomic E-state index is 13.9. The van der Waals surface area contributed by atoms with E-state index in [2.05, 4.69) is 20.4 Å². The van der Waals surface area contributed by atoms with Gasteiger partial charge in [-0.15, -0.1) is 21.3 Å². The van der Waals surface area contributed by atoms with E-state index in [-0.39, 0.29) is 0 Å². The van der Waals surface area contributed by atoms with E-state index in [4.69, 9.17) is 15.2 Å². The average molecular weight is 445 g/mol. The largest absolute Gasteiger partial charge is 0.462 e. The number of nitrogen functional groups attached to an aromatic ring is 1. The Morgan fingerprint density at radius 2 is 2.22 bits per heavy atom. The molecule has 2 aromatic heterocycles. The molecule has 1 aromatic carbocycles. The van der Waals surface area contributed by atoms with Crippen molar-refractivity contribution < 1.29 is 13.9 Å². The maximum absolute atomic E-state index is 13.9. The van der Waals surface area contributed by atoms with Crippen LogP contribution in [0.5, 0.6) is 11.5 Å². The van der Waals surface area contributed by atoms with Crippen LogP contribution in [0.4, 0.5) is 10.2 Å². The normalized spacial score (nSPS) is 19.4. The molecule has 0 amide bonds. The van der Waals surface area contributed by atoms with Gasteiger partial charge in [-0.25, -0.2) is 4.98 Å². The van der Waals surface area contributed by atoms with Gasteiger partial charge in [-0.05, 0) is 12.1 Å². The summed E-state index contributed by atoms with van der Waals surface area (Å²) in [7, 11) is 0. The second-order valence-electron chi connectivity index (χ2n) is 4.74. The fraction of sp³-hybridized carbons (Fsp3) is 0.154. The first-order chi connectivity index (χ1) is 11.0. The quantitative estimate of drug-likeness (QED) is 0.363. The van der Waals surface area contributed by atoms with Gasteiger partial charge in [0.25, 0.3) is 0 Å². The van der Waals surface area contributed by atoms with Crippen molar-refractivity contribution in [2.75, 3.05) is 5.73 Å². The summed E-state index contributed by atoms with van der Waals surface area (Å²) in [5, 5.41) is 10.5. The molecule has 23 heavy (non-hydrogen) atoms. The van der Waals surface area contributed by atoms with Crippen LogP contribution >= 0.6 is 34.4 Å². The highest BCUT2D eigenvalue weighted by Crippen LogP contribution is 2.46. The molecule has 1 atom stereocenters. The second kappa shape index (κ2) is 5.37. The minimum absolute atomic E-state index is 0.363. The smallest absolute Gasteiger partial charge is 0.415 e. The van der Waals surface area contributed by atoms with Gasteiger partial charge in [0.2, 0.25) is 5.65 Å². The first-order valence-corrected chi connectivity index (χ1v) is 8.56. The number of pyridine rings is 1. The molecule has 3 heterocycles. The summed E-state index contributed by atoms with van der Waals surface area (Å²) >= 11 is 2.95. The van der Waals surface area contributed by atoms with Crippen molar-refractivity contribution in [2.24, 2.45) is 0 Å². The fourth-order valence-electron chi connectivity index (χ4n) is 2.23. The summed E-state index contributed by atoms with van der Waals surface area (Å²) in [6.45, 7) is 0. The lowest BCUT2D eigenvalue weighted by atomic mass is 10.2. The number of aromatic nitrogens is 4. The van der Waals surface area contributed by atoms with Crippen LogP contribution in [-0.4, -0.2) is 24.4 Å². The summed E-state index contributed by atoms with van der Waals surface area (Å²) in [6.07, 6.45) is 0. The maximum Gasteiger partial charge on any atom is 0.462 e. The average Bonchev–Trinajstić information content (AvgIpc) is 3.06. The molecule has 3 N–H and O–H groups in total. The molecule has 118 valence electrons. The third-order valence-corrected chi connectivity index (χ3v) is 4.69. The minimum Gasteiger partial charge on any atom is -0.415 e. The van der Waals surface area contributed by atoms with Gasteiger partial charge < -0.3 is 15.2 Å². The minimum atomic E-state index is -2.17. The van der Waals surface area contributed by atoms with Gasteiger partial charge in [0.05, 0.1) is 22.6 Å². The Morgan fingerprint density at radius 1 is 1.35 bits per heavy atom. The van der Waals surface area contributed by atoms with Gasteiger partial charge in [0.1, 0.15) is 11.3 Å². The lowest BCUT2D eigenvalue weighted by Crippen LogP contribution is -2.23. The monoisotopic (exact) mass is 445 g/mol. The number of alkyl halides is 2. The van der Waals surface area contributed by atoms with Crippen LogP contribution < -0.4 is 15.2 Å². The lowest BCUT2D eigenvalue weighted by Gasteiger charge is -2.09. The van der Waals surface area contributed by atoms with E-state index in [0.29, 0.717) is 34.2 Å². The van der Waals surface area contributed by atoms with Gasteiger partial charge in [-0.3, -0.25) is 0 Å². The molecule has 0 fully saturated rings. The molecule has 4 rings (SSSR count). The summed E-state index contributed by atoms with van der Waals surface area (Å²) in [5.74, 6) is 1.70. The number of thioether (sulfide) groups is 1. The molecule has 7 nitrogen and oxygen atoms in total. The summed E-state index contributed by atoms with van der Waals surface area (Å²) in [5.41, 5.74) is 7.69. The highest BCUT2D eigenvalue weighted by molar-refractivity contribution is 14.1. The van der Waals surface area contributed by atoms with Crippen LogP contribution in [0.25, 0.3) is 11.2 Å².